The highest BCUT2D eigenvalue weighted by Crippen LogP contribution is 2.48. The monoisotopic (exact) mass is 421 g/mol. The Hall–Kier alpha value is -1.27. The predicted octanol–water partition coefficient (Wildman–Crippen LogP) is 5.48. The molecule has 0 aliphatic carbocycles. The highest BCUT2D eigenvalue weighted by atomic mass is 127. The normalized spacial score (nSPS) is 17.3. The molecule has 122 valence electrons. The van der Waals surface area contributed by atoms with Gasteiger partial charge in [-0.2, -0.15) is 0 Å². The fourth-order valence-electron chi connectivity index (χ4n) is 3.28. The van der Waals surface area contributed by atoms with Crippen molar-refractivity contribution < 1.29 is 0 Å². The van der Waals surface area contributed by atoms with E-state index in [2.05, 4.69) is 101 Å². The lowest BCUT2D eigenvalue weighted by atomic mass is 9.91. The van der Waals surface area contributed by atoms with Gasteiger partial charge in [0.05, 0.1) is 39.9 Å². The lowest BCUT2D eigenvalue weighted by Crippen LogP contribution is -2.44. The van der Waals surface area contributed by atoms with Crippen LogP contribution in [0.15, 0.2) is 42.5 Å². The van der Waals surface area contributed by atoms with Crippen LogP contribution in [-0.2, 0) is 0 Å². The summed E-state index contributed by atoms with van der Waals surface area (Å²) in [6.07, 6.45) is -0.189. The Balaban J connectivity index is 2.26. The van der Waals surface area contributed by atoms with Crippen molar-refractivity contribution in [3.63, 3.8) is 0 Å². The maximum atomic E-state index is 6.59. The van der Waals surface area contributed by atoms with Gasteiger partial charge in [-0.3, -0.25) is 8.85 Å². The maximum Gasteiger partial charge on any atom is 0.168 e. The topological polar surface area (TPSA) is 32.5 Å². The van der Waals surface area contributed by atoms with E-state index in [-0.39, 0.29) is 6.29 Å². The third-order valence-electron chi connectivity index (χ3n) is 4.45. The molecular formula is C19H24IN3. The molecule has 0 amide bonds. The van der Waals surface area contributed by atoms with Crippen molar-refractivity contribution in [3.05, 3.63) is 53.6 Å². The Kier molecular flexibility index (Phi) is 4.56. The summed E-state index contributed by atoms with van der Waals surface area (Å²) in [5.74, 6) is 0.901. The number of rotatable bonds is 3. The van der Waals surface area contributed by atoms with Crippen LogP contribution in [0.2, 0.25) is 0 Å². The van der Waals surface area contributed by atoms with Crippen LogP contribution in [0.4, 0.5) is 17.1 Å². The number of nitrogens with zero attached hydrogens (tertiary/aromatic N) is 2. The smallest absolute Gasteiger partial charge is 0.168 e. The Morgan fingerprint density at radius 2 is 1.39 bits per heavy atom. The van der Waals surface area contributed by atoms with E-state index in [1.807, 2.05) is 0 Å². The van der Waals surface area contributed by atoms with Crippen LogP contribution >= 0.6 is 22.9 Å². The van der Waals surface area contributed by atoms with E-state index in [9.17, 15) is 0 Å². The second-order valence-electron chi connectivity index (χ2n) is 6.68. The van der Waals surface area contributed by atoms with E-state index in [1.165, 1.54) is 28.2 Å². The molecule has 0 bridgehead atoms. The fourth-order valence-corrected chi connectivity index (χ4v) is 3.93. The van der Waals surface area contributed by atoms with Gasteiger partial charge in [0.25, 0.3) is 0 Å². The zero-order valence-corrected chi connectivity index (χ0v) is 16.3. The molecule has 1 atom stereocenters. The number of anilines is 3. The highest BCUT2D eigenvalue weighted by molar-refractivity contribution is 14.1. The van der Waals surface area contributed by atoms with Gasteiger partial charge in [0.15, 0.2) is 6.29 Å². The second-order valence-corrected chi connectivity index (χ2v) is 7.72. The summed E-state index contributed by atoms with van der Waals surface area (Å²) in [5, 5.41) is 0. The minimum Gasteiger partial charge on any atom is -0.305 e. The fraction of sp³-hybridized carbons (Fsp3) is 0.368. The van der Waals surface area contributed by atoms with Gasteiger partial charge < -0.3 is 4.90 Å². The molecule has 0 saturated carbocycles. The van der Waals surface area contributed by atoms with Crippen LogP contribution in [0.3, 0.4) is 0 Å². The number of benzene rings is 2. The molecule has 1 heterocycles. The van der Waals surface area contributed by atoms with Crippen molar-refractivity contribution in [2.45, 2.75) is 45.8 Å². The highest BCUT2D eigenvalue weighted by Gasteiger charge is 2.35. The van der Waals surface area contributed by atoms with Crippen molar-refractivity contribution in [3.8, 4) is 0 Å². The molecule has 2 aromatic rings. The molecule has 1 aliphatic heterocycles. The van der Waals surface area contributed by atoms with E-state index in [0.29, 0.717) is 11.8 Å². The zero-order valence-electron chi connectivity index (χ0n) is 14.1. The first kappa shape index (κ1) is 16.6. The molecule has 0 spiro atoms. The maximum absolute atomic E-state index is 6.59. The molecule has 1 unspecified atom stereocenters. The molecule has 0 saturated heterocycles. The third-order valence-corrected chi connectivity index (χ3v) is 5.54. The predicted molar refractivity (Wildman–Crippen MR) is 108 cm³/mol. The van der Waals surface area contributed by atoms with E-state index < -0.39 is 0 Å². The number of nitrogens with two attached hydrogens (primary N) is 1. The summed E-state index contributed by atoms with van der Waals surface area (Å²) in [5.41, 5.74) is 12.9. The Bertz CT molecular complexity index is 685. The molecule has 3 rings (SSSR count). The van der Waals surface area contributed by atoms with E-state index >= 15 is 0 Å². The minimum absolute atomic E-state index is 0.189. The average molecular weight is 421 g/mol. The van der Waals surface area contributed by atoms with Crippen molar-refractivity contribution in [1.29, 1.82) is 0 Å². The van der Waals surface area contributed by atoms with Crippen LogP contribution in [0, 0.1) is 0 Å². The van der Waals surface area contributed by atoms with Gasteiger partial charge >= 0.3 is 0 Å². The second kappa shape index (κ2) is 6.32. The van der Waals surface area contributed by atoms with Gasteiger partial charge in [-0.15, -0.1) is 0 Å². The SMILES string of the molecule is CC(C)c1cccc(C(C)C)c1N1c2ccccc2N(I)C1N. The molecule has 3 nitrogen and oxygen atoms in total. The Labute approximate surface area is 153 Å². The van der Waals surface area contributed by atoms with Gasteiger partial charge in [0, 0.05) is 0 Å². The largest absolute Gasteiger partial charge is 0.305 e. The van der Waals surface area contributed by atoms with Crippen molar-refractivity contribution in [2.24, 2.45) is 5.73 Å². The summed E-state index contributed by atoms with van der Waals surface area (Å²) in [4.78, 5) is 2.30. The van der Waals surface area contributed by atoms with Crippen LogP contribution in [0.25, 0.3) is 0 Å². The molecule has 0 aromatic heterocycles. The van der Waals surface area contributed by atoms with Crippen molar-refractivity contribution >= 4 is 39.9 Å². The lowest BCUT2D eigenvalue weighted by Gasteiger charge is -2.32. The van der Waals surface area contributed by atoms with Crippen LogP contribution in [0.5, 0.6) is 0 Å². The summed E-state index contributed by atoms with van der Waals surface area (Å²) in [6.45, 7) is 8.99. The molecule has 2 N–H and O–H groups in total. The number of halogens is 1. The molecule has 0 radical (unpaired) electrons. The summed E-state index contributed by atoms with van der Waals surface area (Å²) < 4.78 is 2.12. The summed E-state index contributed by atoms with van der Waals surface area (Å²) in [7, 11) is 0. The molecule has 23 heavy (non-hydrogen) atoms. The first-order chi connectivity index (χ1) is 10.9. The molecule has 0 fully saturated rings. The molecule has 2 aromatic carbocycles. The van der Waals surface area contributed by atoms with E-state index in [4.69, 9.17) is 5.73 Å². The molecule has 4 heteroatoms. The summed E-state index contributed by atoms with van der Waals surface area (Å²) >= 11 is 2.32. The zero-order chi connectivity index (χ0) is 16.7. The van der Waals surface area contributed by atoms with Gasteiger partial charge in [-0.25, -0.2) is 0 Å². The first-order valence-corrected chi connectivity index (χ1v) is 9.11. The Morgan fingerprint density at radius 1 is 0.870 bits per heavy atom. The van der Waals surface area contributed by atoms with Gasteiger partial charge in [-0.05, 0) is 35.1 Å². The van der Waals surface area contributed by atoms with Crippen molar-refractivity contribution in [1.82, 2.24) is 0 Å². The third kappa shape index (κ3) is 2.72. The van der Waals surface area contributed by atoms with Crippen LogP contribution in [0.1, 0.15) is 50.7 Å². The lowest BCUT2D eigenvalue weighted by molar-refractivity contribution is 0.743. The number of hydrogen-bond donors (Lipinski definition) is 1. The molecular weight excluding hydrogens is 397 g/mol. The van der Waals surface area contributed by atoms with Crippen LogP contribution in [-0.4, -0.2) is 6.29 Å². The van der Waals surface area contributed by atoms with E-state index in [0.717, 1.165) is 0 Å². The summed E-state index contributed by atoms with van der Waals surface area (Å²) in [6, 6.07) is 15.1. The van der Waals surface area contributed by atoms with Gasteiger partial charge in [-0.1, -0.05) is 58.0 Å². The van der Waals surface area contributed by atoms with E-state index in [1.54, 1.807) is 0 Å². The number of fused-ring (bicyclic) bond motifs is 1. The van der Waals surface area contributed by atoms with Crippen molar-refractivity contribution in [2.75, 3.05) is 8.01 Å². The molecule has 1 aliphatic rings. The number of para-hydroxylation sites is 3. The average Bonchev–Trinajstić information content (AvgIpc) is 2.78. The first-order valence-electron chi connectivity index (χ1n) is 8.15. The minimum atomic E-state index is -0.189. The van der Waals surface area contributed by atoms with Gasteiger partial charge in [0.1, 0.15) is 0 Å². The number of hydrogen-bond acceptors (Lipinski definition) is 3. The standard InChI is InChI=1S/C19H24IN3/c1-12(2)14-8-7-9-15(13(3)4)18(14)22-16-10-5-6-11-17(16)23(20)19(22)21/h5-13,19H,21H2,1-4H3. The quantitative estimate of drug-likeness (QED) is 0.526. The Morgan fingerprint density at radius 3 is 1.91 bits per heavy atom. The van der Waals surface area contributed by atoms with Gasteiger partial charge in [0.2, 0.25) is 0 Å². The van der Waals surface area contributed by atoms with Crippen LogP contribution < -0.4 is 13.7 Å².